The minimum atomic E-state index is 0. The highest BCUT2D eigenvalue weighted by atomic mass is 35.5. The Morgan fingerprint density at radius 3 is 2.34 bits per heavy atom. The fourth-order valence-electron chi connectivity index (χ4n) is 5.56. The Morgan fingerprint density at radius 2 is 1.69 bits per heavy atom. The molecule has 2 heterocycles. The summed E-state index contributed by atoms with van der Waals surface area (Å²) in [6.45, 7) is 4.48. The van der Waals surface area contributed by atoms with Gasteiger partial charge in [0.05, 0.1) is 10.8 Å². The molecule has 2 aliphatic carbocycles. The molecule has 2 aromatic rings. The van der Waals surface area contributed by atoms with Gasteiger partial charge in [-0.2, -0.15) is 0 Å². The number of nitrogens with zero attached hydrogens (tertiary/aromatic N) is 2. The number of aryl methyl sites for hydroxylation is 1. The molecule has 7 heteroatoms. The number of piperazine rings is 1. The smallest absolute Gasteiger partial charge is 0.264 e. The molecule has 1 aliphatic heterocycles. The van der Waals surface area contributed by atoms with Crippen molar-refractivity contribution in [2.45, 2.75) is 32.2 Å². The average Bonchev–Trinajstić information content (AvgIpc) is 3.41. The van der Waals surface area contributed by atoms with Gasteiger partial charge in [0.25, 0.3) is 5.91 Å². The van der Waals surface area contributed by atoms with Gasteiger partial charge in [-0.3, -0.25) is 9.59 Å². The zero-order valence-corrected chi connectivity index (χ0v) is 18.3. The fourth-order valence-corrected chi connectivity index (χ4v) is 6.74. The topological polar surface area (TPSA) is 66.6 Å². The molecule has 4 atom stereocenters. The Labute approximate surface area is 181 Å². The second-order valence-corrected chi connectivity index (χ2v) is 9.66. The summed E-state index contributed by atoms with van der Waals surface area (Å²) in [4.78, 5) is 30.8. The van der Waals surface area contributed by atoms with Crippen molar-refractivity contribution in [2.24, 2.45) is 23.5 Å². The number of hydrogen-bond acceptors (Lipinski definition) is 4. The molecule has 156 valence electrons. The first kappa shape index (κ1) is 20.6. The van der Waals surface area contributed by atoms with Crippen LogP contribution in [-0.2, 0) is 4.79 Å². The lowest BCUT2D eigenvalue weighted by Crippen LogP contribution is -2.54. The Bertz CT molecular complexity index is 935. The second kappa shape index (κ2) is 7.89. The van der Waals surface area contributed by atoms with E-state index in [-0.39, 0.29) is 36.2 Å². The van der Waals surface area contributed by atoms with Gasteiger partial charge in [-0.05, 0) is 55.0 Å². The molecule has 1 saturated heterocycles. The van der Waals surface area contributed by atoms with Crippen LogP contribution in [0.25, 0.3) is 10.1 Å². The summed E-state index contributed by atoms with van der Waals surface area (Å²) >= 11 is 1.57. The third-order valence-corrected chi connectivity index (χ3v) is 8.44. The summed E-state index contributed by atoms with van der Waals surface area (Å²) in [7, 11) is 0. The number of nitrogens with two attached hydrogens (primary N) is 1. The molecule has 4 unspecified atom stereocenters. The standard InChI is InChI=1S/C22H27N3O2S.ClH/c1-13-16-4-2-3-5-17(16)28-20(13)22(27)25-10-8-24(9-11-25)21(26)18-14-6-7-15(12-14)19(18)23;/h2-5,14-15,18-19H,6-12,23H2,1H3;1H. The molecule has 2 bridgehead atoms. The number of hydrogen-bond donors (Lipinski definition) is 1. The molecular weight excluding hydrogens is 406 g/mol. The molecule has 1 aromatic heterocycles. The van der Waals surface area contributed by atoms with Gasteiger partial charge in [0.2, 0.25) is 5.91 Å². The number of thiophene rings is 1. The first-order chi connectivity index (χ1) is 13.5. The lowest BCUT2D eigenvalue weighted by molar-refractivity contribution is -0.139. The lowest BCUT2D eigenvalue weighted by Gasteiger charge is -2.38. The molecule has 3 aliphatic rings. The molecule has 2 saturated carbocycles. The molecule has 3 fully saturated rings. The van der Waals surface area contributed by atoms with Crippen molar-refractivity contribution < 1.29 is 9.59 Å². The van der Waals surface area contributed by atoms with Gasteiger partial charge in [0.15, 0.2) is 0 Å². The summed E-state index contributed by atoms with van der Waals surface area (Å²) in [5.41, 5.74) is 7.43. The van der Waals surface area contributed by atoms with Crippen LogP contribution in [0.15, 0.2) is 24.3 Å². The lowest BCUT2D eigenvalue weighted by atomic mass is 9.84. The van der Waals surface area contributed by atoms with E-state index in [1.54, 1.807) is 11.3 Å². The van der Waals surface area contributed by atoms with Crippen molar-refractivity contribution in [3.05, 3.63) is 34.7 Å². The van der Waals surface area contributed by atoms with E-state index < -0.39 is 0 Å². The quantitative estimate of drug-likeness (QED) is 0.790. The van der Waals surface area contributed by atoms with Gasteiger partial charge in [-0.1, -0.05) is 18.2 Å². The number of benzene rings is 1. The maximum Gasteiger partial charge on any atom is 0.264 e. The van der Waals surface area contributed by atoms with E-state index in [0.29, 0.717) is 38.0 Å². The number of carbonyl (C=O) groups is 2. The largest absolute Gasteiger partial charge is 0.339 e. The Hall–Kier alpha value is -1.63. The summed E-state index contributed by atoms with van der Waals surface area (Å²) in [5.74, 6) is 1.35. The third-order valence-electron chi connectivity index (χ3n) is 7.18. The number of fused-ring (bicyclic) bond motifs is 3. The maximum absolute atomic E-state index is 13.1. The van der Waals surface area contributed by atoms with Gasteiger partial charge >= 0.3 is 0 Å². The van der Waals surface area contributed by atoms with Crippen LogP contribution >= 0.6 is 23.7 Å². The van der Waals surface area contributed by atoms with E-state index in [1.165, 1.54) is 6.42 Å². The fraction of sp³-hybridized carbons (Fsp3) is 0.545. The highest BCUT2D eigenvalue weighted by molar-refractivity contribution is 7.21. The van der Waals surface area contributed by atoms with Crippen LogP contribution in [0.5, 0.6) is 0 Å². The van der Waals surface area contributed by atoms with Crippen molar-refractivity contribution in [3.63, 3.8) is 0 Å². The molecule has 1 aromatic carbocycles. The molecule has 2 N–H and O–H groups in total. The predicted octanol–water partition coefficient (Wildman–Crippen LogP) is 3.29. The van der Waals surface area contributed by atoms with E-state index in [1.807, 2.05) is 28.9 Å². The van der Waals surface area contributed by atoms with Crippen molar-refractivity contribution in [1.29, 1.82) is 0 Å². The minimum absolute atomic E-state index is 0. The van der Waals surface area contributed by atoms with Crippen molar-refractivity contribution >= 4 is 45.6 Å². The monoisotopic (exact) mass is 433 g/mol. The van der Waals surface area contributed by atoms with E-state index >= 15 is 0 Å². The maximum atomic E-state index is 13.1. The van der Waals surface area contributed by atoms with Crippen molar-refractivity contribution in [3.8, 4) is 0 Å². The number of carbonyl (C=O) groups excluding carboxylic acids is 2. The number of amides is 2. The zero-order valence-electron chi connectivity index (χ0n) is 16.7. The minimum Gasteiger partial charge on any atom is -0.339 e. The molecule has 0 radical (unpaired) electrons. The summed E-state index contributed by atoms with van der Waals surface area (Å²) < 4.78 is 1.16. The first-order valence-electron chi connectivity index (χ1n) is 10.4. The molecule has 29 heavy (non-hydrogen) atoms. The van der Waals surface area contributed by atoms with Gasteiger partial charge < -0.3 is 15.5 Å². The second-order valence-electron chi connectivity index (χ2n) is 8.61. The van der Waals surface area contributed by atoms with E-state index in [2.05, 4.69) is 12.1 Å². The molecule has 2 amide bonds. The van der Waals surface area contributed by atoms with Crippen LogP contribution in [0.2, 0.25) is 0 Å². The third kappa shape index (κ3) is 3.35. The Morgan fingerprint density at radius 1 is 1.03 bits per heavy atom. The van der Waals surface area contributed by atoms with Gasteiger partial charge in [-0.15, -0.1) is 23.7 Å². The zero-order chi connectivity index (χ0) is 19.4. The van der Waals surface area contributed by atoms with Crippen molar-refractivity contribution in [1.82, 2.24) is 9.80 Å². The molecule has 0 spiro atoms. The van der Waals surface area contributed by atoms with Gasteiger partial charge in [-0.25, -0.2) is 0 Å². The average molecular weight is 434 g/mol. The van der Waals surface area contributed by atoms with Crippen LogP contribution in [0.1, 0.15) is 34.5 Å². The van der Waals surface area contributed by atoms with E-state index in [9.17, 15) is 9.59 Å². The Balaban J connectivity index is 0.00000205. The number of halogens is 1. The summed E-state index contributed by atoms with van der Waals surface area (Å²) in [6, 6.07) is 8.21. The molecule has 5 rings (SSSR count). The van der Waals surface area contributed by atoms with E-state index in [4.69, 9.17) is 5.73 Å². The van der Waals surface area contributed by atoms with Crippen LogP contribution in [0.3, 0.4) is 0 Å². The van der Waals surface area contributed by atoms with E-state index in [0.717, 1.165) is 33.4 Å². The normalized spacial score (nSPS) is 28.6. The summed E-state index contributed by atoms with van der Waals surface area (Å²) in [6.07, 6.45) is 3.46. The highest BCUT2D eigenvalue weighted by Gasteiger charge is 2.50. The van der Waals surface area contributed by atoms with Crippen LogP contribution in [0.4, 0.5) is 0 Å². The van der Waals surface area contributed by atoms with Gasteiger partial charge in [0, 0.05) is 36.9 Å². The van der Waals surface area contributed by atoms with Crippen LogP contribution < -0.4 is 5.73 Å². The van der Waals surface area contributed by atoms with Crippen LogP contribution in [0, 0.1) is 24.7 Å². The molecular formula is C22H28ClN3O2S. The van der Waals surface area contributed by atoms with Gasteiger partial charge in [0.1, 0.15) is 0 Å². The number of rotatable bonds is 2. The molecule has 5 nitrogen and oxygen atoms in total. The van der Waals surface area contributed by atoms with Crippen LogP contribution in [-0.4, -0.2) is 53.8 Å². The first-order valence-corrected chi connectivity index (χ1v) is 11.2. The summed E-state index contributed by atoms with van der Waals surface area (Å²) in [5, 5.41) is 1.16. The Kier molecular flexibility index (Phi) is 5.62. The highest BCUT2D eigenvalue weighted by Crippen LogP contribution is 2.48. The van der Waals surface area contributed by atoms with Crippen molar-refractivity contribution in [2.75, 3.05) is 26.2 Å². The SMILES string of the molecule is Cc1c(C(=O)N2CCN(C(=O)C3C4CCC(C4)C3N)CC2)sc2ccccc12.Cl. The predicted molar refractivity (Wildman–Crippen MR) is 119 cm³/mol.